The predicted octanol–water partition coefficient (Wildman–Crippen LogP) is 2.61. The predicted molar refractivity (Wildman–Crippen MR) is 96.3 cm³/mol. The molecular weight excluding hydrogens is 357 g/mol. The van der Waals surface area contributed by atoms with Crippen molar-refractivity contribution in [1.82, 2.24) is 15.5 Å². The van der Waals surface area contributed by atoms with E-state index in [9.17, 15) is 9.18 Å². The first-order valence-electron chi connectivity index (χ1n) is 8.55. The second kappa shape index (κ2) is 8.64. The van der Waals surface area contributed by atoms with E-state index in [1.165, 1.54) is 17.8 Å². The Kier molecular flexibility index (Phi) is 6.26. The molecule has 2 heterocycles. The third kappa shape index (κ3) is 4.82. The van der Waals surface area contributed by atoms with E-state index in [0.29, 0.717) is 43.0 Å². The largest absolute Gasteiger partial charge is 0.381 e. The van der Waals surface area contributed by atoms with Crippen molar-refractivity contribution in [3.63, 3.8) is 0 Å². The maximum absolute atomic E-state index is 13.7. The van der Waals surface area contributed by atoms with Gasteiger partial charge in [-0.2, -0.15) is 4.98 Å². The molecule has 8 heteroatoms. The van der Waals surface area contributed by atoms with Crippen molar-refractivity contribution in [2.75, 3.05) is 25.5 Å². The Balaban J connectivity index is 1.55. The summed E-state index contributed by atoms with van der Waals surface area (Å²) in [6, 6.07) is 6.64. The van der Waals surface area contributed by atoms with Gasteiger partial charge < -0.3 is 14.6 Å². The van der Waals surface area contributed by atoms with Crippen molar-refractivity contribution in [3.8, 4) is 0 Å². The van der Waals surface area contributed by atoms with E-state index in [4.69, 9.17) is 9.26 Å². The van der Waals surface area contributed by atoms with Crippen molar-refractivity contribution < 1.29 is 18.4 Å². The quantitative estimate of drug-likeness (QED) is 0.797. The van der Waals surface area contributed by atoms with Gasteiger partial charge in [-0.05, 0) is 30.5 Å². The molecule has 6 nitrogen and oxygen atoms in total. The van der Waals surface area contributed by atoms with Crippen LogP contribution in [0.1, 0.15) is 30.1 Å². The molecule has 0 radical (unpaired) electrons. The standard InChI is InChI=1S/C18H22FN3O3S/c1-13-21-16(22-25-13)10-26-11-17(23)20-12-18(5-7-24-8-6-18)14-3-2-4-15(19)9-14/h2-4,9H,5-8,10-12H2,1H3,(H,20,23). The van der Waals surface area contributed by atoms with Gasteiger partial charge in [-0.25, -0.2) is 4.39 Å². The molecular formula is C18H22FN3O3S. The molecule has 0 atom stereocenters. The van der Waals surface area contributed by atoms with Gasteiger partial charge >= 0.3 is 0 Å². The molecule has 0 aliphatic carbocycles. The first-order chi connectivity index (χ1) is 12.6. The van der Waals surface area contributed by atoms with Gasteiger partial charge in [0.05, 0.1) is 11.5 Å². The molecule has 1 fully saturated rings. The van der Waals surface area contributed by atoms with Gasteiger partial charge in [0.2, 0.25) is 11.8 Å². The molecule has 0 unspecified atom stereocenters. The number of hydrogen-bond donors (Lipinski definition) is 1. The number of aryl methyl sites for hydroxylation is 1. The number of thioether (sulfide) groups is 1. The second-order valence-corrected chi connectivity index (χ2v) is 7.39. The minimum absolute atomic E-state index is 0.0579. The Morgan fingerprint density at radius 2 is 2.19 bits per heavy atom. The van der Waals surface area contributed by atoms with Crippen LogP contribution in [0.2, 0.25) is 0 Å². The highest BCUT2D eigenvalue weighted by molar-refractivity contribution is 7.99. The Hall–Kier alpha value is -1.93. The average Bonchev–Trinajstić information content (AvgIpc) is 3.06. The molecule has 1 amide bonds. The van der Waals surface area contributed by atoms with Crippen LogP contribution in [0.5, 0.6) is 0 Å². The molecule has 1 aliphatic rings. The van der Waals surface area contributed by atoms with Gasteiger partial charge in [0.15, 0.2) is 5.82 Å². The highest BCUT2D eigenvalue weighted by Gasteiger charge is 2.35. The average molecular weight is 379 g/mol. The Bertz CT molecular complexity index is 747. The molecule has 1 N–H and O–H groups in total. The Labute approximate surface area is 155 Å². The number of nitrogens with one attached hydrogen (secondary N) is 1. The number of aromatic nitrogens is 2. The van der Waals surface area contributed by atoms with Crippen LogP contribution < -0.4 is 5.32 Å². The number of halogens is 1. The van der Waals surface area contributed by atoms with Crippen molar-refractivity contribution in [2.45, 2.75) is 30.9 Å². The SMILES string of the molecule is Cc1nc(CSCC(=O)NCC2(c3cccc(F)c3)CCOCC2)no1. The van der Waals surface area contributed by atoms with E-state index in [-0.39, 0.29) is 17.1 Å². The molecule has 2 aromatic rings. The highest BCUT2D eigenvalue weighted by Crippen LogP contribution is 2.34. The molecule has 1 saturated heterocycles. The third-order valence-electron chi connectivity index (χ3n) is 4.54. The summed E-state index contributed by atoms with van der Waals surface area (Å²) >= 11 is 1.43. The van der Waals surface area contributed by atoms with E-state index in [2.05, 4.69) is 15.5 Å². The molecule has 140 valence electrons. The van der Waals surface area contributed by atoms with Gasteiger partial charge in [-0.3, -0.25) is 4.79 Å². The summed E-state index contributed by atoms with van der Waals surface area (Å²) in [7, 11) is 0. The van der Waals surface area contributed by atoms with E-state index in [1.54, 1.807) is 19.1 Å². The van der Waals surface area contributed by atoms with E-state index in [1.807, 2.05) is 6.07 Å². The van der Waals surface area contributed by atoms with Gasteiger partial charge in [-0.15, -0.1) is 11.8 Å². The summed E-state index contributed by atoms with van der Waals surface area (Å²) in [4.78, 5) is 16.3. The fourth-order valence-corrected chi connectivity index (χ4v) is 3.79. The van der Waals surface area contributed by atoms with Crippen molar-refractivity contribution in [1.29, 1.82) is 0 Å². The van der Waals surface area contributed by atoms with Gasteiger partial charge in [0.25, 0.3) is 0 Å². The van der Waals surface area contributed by atoms with Crippen LogP contribution in [0, 0.1) is 12.7 Å². The number of hydrogen-bond acceptors (Lipinski definition) is 6. The lowest BCUT2D eigenvalue weighted by atomic mass is 9.74. The molecule has 26 heavy (non-hydrogen) atoms. The summed E-state index contributed by atoms with van der Waals surface area (Å²) < 4.78 is 24.0. The fourth-order valence-electron chi connectivity index (χ4n) is 3.10. The van der Waals surface area contributed by atoms with Gasteiger partial charge in [0.1, 0.15) is 5.82 Å². The van der Waals surface area contributed by atoms with Crippen molar-refractivity contribution >= 4 is 17.7 Å². The minimum Gasteiger partial charge on any atom is -0.381 e. The van der Waals surface area contributed by atoms with E-state index < -0.39 is 0 Å². The number of ether oxygens (including phenoxy) is 1. The minimum atomic E-state index is -0.286. The summed E-state index contributed by atoms with van der Waals surface area (Å²) in [5.41, 5.74) is 0.627. The van der Waals surface area contributed by atoms with E-state index in [0.717, 1.165) is 18.4 Å². The van der Waals surface area contributed by atoms with Crippen molar-refractivity contribution in [3.05, 3.63) is 47.4 Å². The third-order valence-corrected chi connectivity index (χ3v) is 5.47. The number of benzene rings is 1. The van der Waals surface area contributed by atoms with Crippen LogP contribution in [0.3, 0.4) is 0 Å². The second-order valence-electron chi connectivity index (χ2n) is 6.40. The smallest absolute Gasteiger partial charge is 0.230 e. The molecule has 1 aliphatic heterocycles. The molecule has 0 saturated carbocycles. The van der Waals surface area contributed by atoms with Crippen LogP contribution in [0.25, 0.3) is 0 Å². The molecule has 1 aromatic carbocycles. The molecule has 0 spiro atoms. The van der Waals surface area contributed by atoms with E-state index >= 15 is 0 Å². The topological polar surface area (TPSA) is 77.2 Å². The summed E-state index contributed by atoms with van der Waals surface area (Å²) in [6.45, 7) is 3.42. The van der Waals surface area contributed by atoms with Crippen molar-refractivity contribution in [2.24, 2.45) is 0 Å². The van der Waals surface area contributed by atoms with Gasteiger partial charge in [-0.1, -0.05) is 17.3 Å². The molecule has 3 rings (SSSR count). The first-order valence-corrected chi connectivity index (χ1v) is 9.70. The zero-order valence-electron chi connectivity index (χ0n) is 14.7. The van der Waals surface area contributed by atoms with Crippen LogP contribution in [-0.2, 0) is 20.7 Å². The summed E-state index contributed by atoms with van der Waals surface area (Å²) in [6.07, 6.45) is 1.51. The monoisotopic (exact) mass is 379 g/mol. The first kappa shape index (κ1) is 18.8. The number of carbonyl (C=O) groups is 1. The maximum atomic E-state index is 13.7. The number of nitrogens with zero attached hydrogens (tertiary/aromatic N) is 2. The van der Waals surface area contributed by atoms with Crippen LogP contribution in [0.4, 0.5) is 4.39 Å². The summed E-state index contributed by atoms with van der Waals surface area (Å²) in [5.74, 6) is 1.61. The normalized spacial score (nSPS) is 16.4. The van der Waals surface area contributed by atoms with Gasteiger partial charge in [0, 0.05) is 32.1 Å². The lowest BCUT2D eigenvalue weighted by molar-refractivity contribution is -0.119. The Morgan fingerprint density at radius 3 is 2.88 bits per heavy atom. The lowest BCUT2D eigenvalue weighted by Gasteiger charge is -2.38. The van der Waals surface area contributed by atoms with Crippen LogP contribution >= 0.6 is 11.8 Å². The Morgan fingerprint density at radius 1 is 1.38 bits per heavy atom. The lowest BCUT2D eigenvalue weighted by Crippen LogP contribution is -2.45. The number of rotatable bonds is 7. The molecule has 0 bridgehead atoms. The number of carbonyl (C=O) groups excluding carboxylic acids is 1. The van der Waals surface area contributed by atoms with Crippen LogP contribution in [-0.4, -0.2) is 41.6 Å². The fraction of sp³-hybridized carbons (Fsp3) is 0.500. The number of amides is 1. The zero-order valence-corrected chi connectivity index (χ0v) is 15.5. The highest BCUT2D eigenvalue weighted by atomic mass is 32.2. The zero-order chi connectivity index (χ0) is 18.4. The summed E-state index contributed by atoms with van der Waals surface area (Å²) in [5, 5.41) is 6.80. The molecule has 1 aromatic heterocycles. The maximum Gasteiger partial charge on any atom is 0.230 e. The van der Waals surface area contributed by atoms with Crippen LogP contribution in [0.15, 0.2) is 28.8 Å².